The first-order valence-corrected chi connectivity index (χ1v) is 11.1. The molecule has 0 spiro atoms. The predicted octanol–water partition coefficient (Wildman–Crippen LogP) is 3.80. The summed E-state index contributed by atoms with van der Waals surface area (Å²) in [6.07, 6.45) is 5.13. The quantitative estimate of drug-likeness (QED) is 0.418. The number of non-ortho nitro benzene ring substituents is 1. The molecule has 0 radical (unpaired) electrons. The number of benzene rings is 1. The standard InChI is InChI=1S/C24H28FN5O3/c1-24(2,29-14-9-18(16-29)28-12-3-4-13-28)10-7-19-21(8-11-27-23(19)26)33-22-6-5-17(30(31)32)15-20(22)25/h5-6,8,11,15,18H,3-4,9,12-14,16H2,1-2H3,(H2,26,27)/t18-/m0/s1. The molecule has 0 bridgehead atoms. The normalized spacial score (nSPS) is 19.3. The van der Waals surface area contributed by atoms with Crippen molar-refractivity contribution in [2.75, 3.05) is 31.9 Å². The van der Waals surface area contributed by atoms with Crippen LogP contribution in [-0.4, -0.2) is 57.5 Å². The molecule has 0 unspecified atom stereocenters. The minimum atomic E-state index is -0.844. The van der Waals surface area contributed by atoms with Crippen molar-refractivity contribution in [2.45, 2.75) is 44.7 Å². The third kappa shape index (κ3) is 5.07. The maximum Gasteiger partial charge on any atom is 0.272 e. The topological polar surface area (TPSA) is 97.8 Å². The van der Waals surface area contributed by atoms with Crippen LogP contribution < -0.4 is 10.5 Å². The highest BCUT2D eigenvalue weighted by Gasteiger charge is 2.35. The van der Waals surface area contributed by atoms with Crippen LogP contribution in [0, 0.1) is 27.8 Å². The summed E-state index contributed by atoms with van der Waals surface area (Å²) in [5.41, 5.74) is 5.68. The van der Waals surface area contributed by atoms with Gasteiger partial charge in [0.05, 0.1) is 16.5 Å². The number of anilines is 1. The van der Waals surface area contributed by atoms with E-state index in [-0.39, 0.29) is 23.0 Å². The number of ether oxygens (including phenoxy) is 1. The number of halogens is 1. The predicted molar refractivity (Wildman–Crippen MR) is 124 cm³/mol. The lowest BCUT2D eigenvalue weighted by molar-refractivity contribution is -0.385. The number of aromatic nitrogens is 1. The molecular weight excluding hydrogens is 425 g/mol. The number of nitrogen functional groups attached to an aromatic ring is 1. The van der Waals surface area contributed by atoms with Gasteiger partial charge >= 0.3 is 0 Å². The largest absolute Gasteiger partial charge is 0.453 e. The summed E-state index contributed by atoms with van der Waals surface area (Å²) in [6.45, 7) is 8.46. The fraction of sp³-hybridized carbons (Fsp3) is 0.458. The second-order valence-corrected chi connectivity index (χ2v) is 8.98. The van der Waals surface area contributed by atoms with Crippen LogP contribution in [0.2, 0.25) is 0 Å². The molecule has 1 aromatic heterocycles. The molecule has 2 N–H and O–H groups in total. The highest BCUT2D eigenvalue weighted by molar-refractivity contribution is 5.60. The molecule has 0 saturated carbocycles. The Labute approximate surface area is 192 Å². The molecule has 2 aromatic rings. The minimum Gasteiger partial charge on any atom is -0.453 e. The van der Waals surface area contributed by atoms with E-state index >= 15 is 0 Å². The van der Waals surface area contributed by atoms with Gasteiger partial charge in [-0.15, -0.1) is 0 Å². The highest BCUT2D eigenvalue weighted by atomic mass is 19.1. The summed E-state index contributed by atoms with van der Waals surface area (Å²) in [5, 5.41) is 10.9. The van der Waals surface area contributed by atoms with Crippen LogP contribution in [0.5, 0.6) is 11.5 Å². The van der Waals surface area contributed by atoms with Crippen molar-refractivity contribution in [3.8, 4) is 23.3 Å². The maximum atomic E-state index is 14.3. The summed E-state index contributed by atoms with van der Waals surface area (Å²) in [4.78, 5) is 19.2. The Morgan fingerprint density at radius 3 is 2.70 bits per heavy atom. The fourth-order valence-corrected chi connectivity index (χ4v) is 4.42. The average molecular weight is 454 g/mol. The molecule has 1 atom stereocenters. The van der Waals surface area contributed by atoms with E-state index in [2.05, 4.69) is 40.5 Å². The first kappa shape index (κ1) is 23.0. The third-order valence-electron chi connectivity index (χ3n) is 6.39. The van der Waals surface area contributed by atoms with Gasteiger partial charge in [0.25, 0.3) is 5.69 Å². The van der Waals surface area contributed by atoms with Crippen molar-refractivity contribution in [1.82, 2.24) is 14.8 Å². The van der Waals surface area contributed by atoms with E-state index in [4.69, 9.17) is 10.5 Å². The first-order valence-electron chi connectivity index (χ1n) is 11.1. The zero-order valence-corrected chi connectivity index (χ0v) is 18.9. The molecule has 174 valence electrons. The van der Waals surface area contributed by atoms with Crippen molar-refractivity contribution >= 4 is 11.5 Å². The number of nitro benzene ring substituents is 1. The number of nitro groups is 1. The van der Waals surface area contributed by atoms with E-state index < -0.39 is 16.3 Å². The molecule has 1 aromatic carbocycles. The van der Waals surface area contributed by atoms with E-state index in [9.17, 15) is 14.5 Å². The first-order chi connectivity index (χ1) is 15.7. The number of nitrogens with zero attached hydrogens (tertiary/aromatic N) is 4. The molecule has 9 heteroatoms. The Morgan fingerprint density at radius 1 is 1.24 bits per heavy atom. The molecule has 8 nitrogen and oxygen atoms in total. The fourth-order valence-electron chi connectivity index (χ4n) is 4.42. The van der Waals surface area contributed by atoms with Crippen molar-refractivity contribution in [3.05, 3.63) is 52.0 Å². The molecule has 2 saturated heterocycles. The van der Waals surface area contributed by atoms with Gasteiger partial charge < -0.3 is 10.5 Å². The Balaban J connectivity index is 1.54. The van der Waals surface area contributed by atoms with Gasteiger partial charge in [-0.3, -0.25) is 19.9 Å². The highest BCUT2D eigenvalue weighted by Crippen LogP contribution is 2.31. The summed E-state index contributed by atoms with van der Waals surface area (Å²) in [5.74, 6) is 5.84. The lowest BCUT2D eigenvalue weighted by Gasteiger charge is -2.32. The average Bonchev–Trinajstić information content (AvgIpc) is 3.47. The van der Waals surface area contributed by atoms with E-state index in [0.717, 1.165) is 25.6 Å². The van der Waals surface area contributed by atoms with Crippen LogP contribution in [0.25, 0.3) is 0 Å². The van der Waals surface area contributed by atoms with E-state index in [1.807, 2.05) is 0 Å². The number of likely N-dealkylation sites (tertiary alicyclic amines) is 2. The van der Waals surface area contributed by atoms with E-state index in [1.54, 1.807) is 6.07 Å². The van der Waals surface area contributed by atoms with E-state index in [1.165, 1.54) is 44.3 Å². The van der Waals surface area contributed by atoms with Gasteiger partial charge in [-0.1, -0.05) is 11.8 Å². The zero-order valence-electron chi connectivity index (χ0n) is 18.9. The second-order valence-electron chi connectivity index (χ2n) is 8.98. The van der Waals surface area contributed by atoms with Crippen LogP contribution in [0.3, 0.4) is 0 Å². The van der Waals surface area contributed by atoms with Crippen molar-refractivity contribution in [2.24, 2.45) is 0 Å². The number of nitrogens with two attached hydrogens (primary N) is 1. The number of hydrogen-bond acceptors (Lipinski definition) is 7. The van der Waals surface area contributed by atoms with Gasteiger partial charge in [0, 0.05) is 37.5 Å². The molecule has 0 aliphatic carbocycles. The van der Waals surface area contributed by atoms with Crippen LogP contribution in [-0.2, 0) is 0 Å². The van der Waals surface area contributed by atoms with Crippen molar-refractivity contribution < 1.29 is 14.1 Å². The molecule has 33 heavy (non-hydrogen) atoms. The Hall–Kier alpha value is -3.22. The Bertz CT molecular complexity index is 1110. The Kier molecular flexibility index (Phi) is 6.49. The maximum absolute atomic E-state index is 14.3. The molecular formula is C24H28FN5O3. The lowest BCUT2D eigenvalue weighted by atomic mass is 10.0. The van der Waals surface area contributed by atoms with E-state index in [0.29, 0.717) is 11.6 Å². The second kappa shape index (κ2) is 9.33. The summed E-state index contributed by atoms with van der Waals surface area (Å²) in [7, 11) is 0. The van der Waals surface area contributed by atoms with Crippen LogP contribution >= 0.6 is 0 Å². The molecule has 4 rings (SSSR count). The van der Waals surface area contributed by atoms with Gasteiger partial charge in [0.1, 0.15) is 17.1 Å². The minimum absolute atomic E-state index is 0.151. The number of hydrogen-bond donors (Lipinski definition) is 1. The SMILES string of the molecule is CC(C)(C#Cc1c(Oc2ccc([N+](=O)[O-])cc2F)ccnc1N)N1CC[C@H](N2CCCC2)C1. The molecule has 2 fully saturated rings. The van der Waals surface area contributed by atoms with Gasteiger partial charge in [0.2, 0.25) is 0 Å². The van der Waals surface area contributed by atoms with Gasteiger partial charge in [-0.05, 0) is 52.3 Å². The van der Waals surface area contributed by atoms with Gasteiger partial charge in [-0.25, -0.2) is 9.37 Å². The molecule has 0 amide bonds. The zero-order chi connectivity index (χ0) is 23.6. The Morgan fingerprint density at radius 2 is 2.00 bits per heavy atom. The molecule has 3 heterocycles. The summed E-state index contributed by atoms with van der Waals surface area (Å²) >= 11 is 0. The smallest absolute Gasteiger partial charge is 0.272 e. The monoisotopic (exact) mass is 453 g/mol. The van der Waals surface area contributed by atoms with Crippen molar-refractivity contribution in [3.63, 3.8) is 0 Å². The number of rotatable bonds is 5. The molecule has 2 aliphatic rings. The van der Waals surface area contributed by atoms with Crippen molar-refractivity contribution in [1.29, 1.82) is 0 Å². The van der Waals surface area contributed by atoms with Gasteiger partial charge in [-0.2, -0.15) is 0 Å². The lowest BCUT2D eigenvalue weighted by Crippen LogP contribution is -2.43. The molecule has 2 aliphatic heterocycles. The summed E-state index contributed by atoms with van der Waals surface area (Å²) in [6, 6.07) is 5.34. The van der Waals surface area contributed by atoms with Crippen LogP contribution in [0.1, 0.15) is 38.7 Å². The van der Waals surface area contributed by atoms with Crippen LogP contribution in [0.15, 0.2) is 30.5 Å². The van der Waals surface area contributed by atoms with Crippen LogP contribution in [0.4, 0.5) is 15.9 Å². The third-order valence-corrected chi connectivity index (χ3v) is 6.39. The number of pyridine rings is 1. The van der Waals surface area contributed by atoms with Gasteiger partial charge in [0.15, 0.2) is 11.6 Å². The summed E-state index contributed by atoms with van der Waals surface area (Å²) < 4.78 is 20.0.